The molecule has 1 aliphatic rings. The molecule has 0 bridgehead atoms. The number of primary amides is 1. The lowest BCUT2D eigenvalue weighted by Crippen LogP contribution is -2.30. The second-order valence-electron chi connectivity index (χ2n) is 4.69. The summed E-state index contributed by atoms with van der Waals surface area (Å²) in [6, 6.07) is 8.35. The number of nitrogens with two attached hydrogens (primary N) is 1. The molecule has 0 saturated carbocycles. The van der Waals surface area contributed by atoms with Gasteiger partial charge in [-0.15, -0.1) is 0 Å². The van der Waals surface area contributed by atoms with E-state index in [0.717, 1.165) is 13.0 Å². The number of carbonyl (C=O) groups excluding carboxylic acids is 1. The predicted octanol–water partition coefficient (Wildman–Crippen LogP) is 1.81. The van der Waals surface area contributed by atoms with Crippen LogP contribution in [0.4, 0.5) is 0 Å². The first-order chi connectivity index (χ1) is 8.20. The Kier molecular flexibility index (Phi) is 3.79. The fourth-order valence-corrected chi connectivity index (χ4v) is 2.62. The van der Waals surface area contributed by atoms with E-state index in [4.69, 9.17) is 5.73 Å². The SMILES string of the molecule is CCN1CCCC1Cc1ccc(C(N)=O)cc1. The molecule has 1 amide bonds. The van der Waals surface area contributed by atoms with Crippen LogP contribution in [0.3, 0.4) is 0 Å². The highest BCUT2D eigenvalue weighted by Crippen LogP contribution is 2.20. The minimum Gasteiger partial charge on any atom is -0.366 e. The van der Waals surface area contributed by atoms with Gasteiger partial charge >= 0.3 is 0 Å². The van der Waals surface area contributed by atoms with E-state index < -0.39 is 0 Å². The second kappa shape index (κ2) is 5.32. The van der Waals surface area contributed by atoms with E-state index in [1.165, 1.54) is 24.9 Å². The monoisotopic (exact) mass is 232 g/mol. The molecule has 1 atom stereocenters. The third-order valence-corrected chi connectivity index (χ3v) is 3.62. The summed E-state index contributed by atoms with van der Waals surface area (Å²) in [7, 11) is 0. The maximum absolute atomic E-state index is 11.0. The molecule has 1 aliphatic heterocycles. The highest BCUT2D eigenvalue weighted by Gasteiger charge is 2.22. The van der Waals surface area contributed by atoms with E-state index in [2.05, 4.69) is 11.8 Å². The molecule has 3 heteroatoms. The average molecular weight is 232 g/mol. The second-order valence-corrected chi connectivity index (χ2v) is 4.69. The summed E-state index contributed by atoms with van der Waals surface area (Å²) in [5.74, 6) is -0.354. The Labute approximate surface area is 103 Å². The Hall–Kier alpha value is -1.35. The topological polar surface area (TPSA) is 46.3 Å². The third kappa shape index (κ3) is 2.86. The van der Waals surface area contributed by atoms with E-state index in [9.17, 15) is 4.79 Å². The summed E-state index contributed by atoms with van der Waals surface area (Å²) < 4.78 is 0. The van der Waals surface area contributed by atoms with Crippen LogP contribution in [0.5, 0.6) is 0 Å². The van der Waals surface area contributed by atoms with Crippen LogP contribution in [0, 0.1) is 0 Å². The van der Waals surface area contributed by atoms with Crippen LogP contribution in [-0.2, 0) is 6.42 Å². The van der Waals surface area contributed by atoms with Gasteiger partial charge in [0.25, 0.3) is 0 Å². The van der Waals surface area contributed by atoms with Gasteiger partial charge in [-0.05, 0) is 50.0 Å². The molecule has 92 valence electrons. The first-order valence-corrected chi connectivity index (χ1v) is 6.33. The van der Waals surface area contributed by atoms with Gasteiger partial charge in [-0.25, -0.2) is 0 Å². The molecule has 0 radical (unpaired) electrons. The molecule has 1 unspecified atom stereocenters. The van der Waals surface area contributed by atoms with Crippen LogP contribution in [0.25, 0.3) is 0 Å². The van der Waals surface area contributed by atoms with Gasteiger partial charge in [-0.3, -0.25) is 4.79 Å². The number of carbonyl (C=O) groups is 1. The highest BCUT2D eigenvalue weighted by atomic mass is 16.1. The summed E-state index contributed by atoms with van der Waals surface area (Å²) in [6.45, 7) is 4.57. The fourth-order valence-electron chi connectivity index (χ4n) is 2.62. The summed E-state index contributed by atoms with van der Waals surface area (Å²) in [6.07, 6.45) is 3.66. The minimum absolute atomic E-state index is 0.354. The average Bonchev–Trinajstić information content (AvgIpc) is 2.77. The molecule has 2 N–H and O–H groups in total. The lowest BCUT2D eigenvalue weighted by molar-refractivity contribution is 0.100. The molecule has 2 rings (SSSR count). The molecule has 1 aromatic rings. The quantitative estimate of drug-likeness (QED) is 0.860. The van der Waals surface area contributed by atoms with Gasteiger partial charge in [-0.1, -0.05) is 19.1 Å². The zero-order valence-electron chi connectivity index (χ0n) is 10.4. The van der Waals surface area contributed by atoms with Gasteiger partial charge in [0.05, 0.1) is 0 Å². The van der Waals surface area contributed by atoms with E-state index >= 15 is 0 Å². The number of benzene rings is 1. The molecule has 17 heavy (non-hydrogen) atoms. The van der Waals surface area contributed by atoms with Crippen molar-refractivity contribution in [3.63, 3.8) is 0 Å². The molecule has 3 nitrogen and oxygen atoms in total. The molecular formula is C14H20N2O. The van der Waals surface area contributed by atoms with Crippen LogP contribution < -0.4 is 5.73 Å². The van der Waals surface area contributed by atoms with Crippen LogP contribution >= 0.6 is 0 Å². The largest absolute Gasteiger partial charge is 0.366 e. The van der Waals surface area contributed by atoms with Crippen molar-refractivity contribution < 1.29 is 4.79 Å². The summed E-state index contributed by atoms with van der Waals surface area (Å²) >= 11 is 0. The van der Waals surface area contributed by atoms with Crippen molar-refractivity contribution >= 4 is 5.91 Å². The maximum atomic E-state index is 11.0. The van der Waals surface area contributed by atoms with Crippen molar-refractivity contribution in [2.75, 3.05) is 13.1 Å². The molecular weight excluding hydrogens is 212 g/mol. The Morgan fingerprint density at radius 3 is 2.71 bits per heavy atom. The smallest absolute Gasteiger partial charge is 0.248 e. The highest BCUT2D eigenvalue weighted by molar-refractivity contribution is 5.92. The van der Waals surface area contributed by atoms with Gasteiger partial charge in [0.15, 0.2) is 0 Å². The molecule has 1 heterocycles. The third-order valence-electron chi connectivity index (χ3n) is 3.62. The van der Waals surface area contributed by atoms with E-state index in [0.29, 0.717) is 11.6 Å². The van der Waals surface area contributed by atoms with Crippen molar-refractivity contribution in [3.05, 3.63) is 35.4 Å². The first kappa shape index (κ1) is 12.1. The Bertz CT molecular complexity index is 386. The van der Waals surface area contributed by atoms with Crippen molar-refractivity contribution in [2.24, 2.45) is 5.73 Å². The number of amides is 1. The zero-order chi connectivity index (χ0) is 12.3. The molecule has 0 spiro atoms. The molecule has 1 saturated heterocycles. The van der Waals surface area contributed by atoms with Crippen LogP contribution in [0.1, 0.15) is 35.7 Å². The first-order valence-electron chi connectivity index (χ1n) is 6.33. The molecule has 1 aromatic carbocycles. The van der Waals surface area contributed by atoms with Gasteiger partial charge in [-0.2, -0.15) is 0 Å². The van der Waals surface area contributed by atoms with Crippen LogP contribution in [0.2, 0.25) is 0 Å². The predicted molar refractivity (Wildman–Crippen MR) is 68.9 cm³/mol. The van der Waals surface area contributed by atoms with E-state index in [-0.39, 0.29) is 5.91 Å². The summed E-state index contributed by atoms with van der Waals surface area (Å²) in [4.78, 5) is 13.5. The summed E-state index contributed by atoms with van der Waals surface area (Å²) in [5, 5.41) is 0. The lowest BCUT2D eigenvalue weighted by Gasteiger charge is -2.22. The minimum atomic E-state index is -0.354. The molecule has 0 aromatic heterocycles. The van der Waals surface area contributed by atoms with Crippen LogP contribution in [-0.4, -0.2) is 29.9 Å². The van der Waals surface area contributed by atoms with Gasteiger partial charge in [0.1, 0.15) is 0 Å². The molecule has 0 aliphatic carbocycles. The summed E-state index contributed by atoms with van der Waals surface area (Å²) in [5.41, 5.74) is 7.11. The number of nitrogens with zero attached hydrogens (tertiary/aromatic N) is 1. The number of rotatable bonds is 4. The van der Waals surface area contributed by atoms with Gasteiger partial charge < -0.3 is 10.6 Å². The maximum Gasteiger partial charge on any atom is 0.248 e. The van der Waals surface area contributed by atoms with E-state index in [1.807, 2.05) is 24.3 Å². The van der Waals surface area contributed by atoms with Crippen molar-refractivity contribution in [3.8, 4) is 0 Å². The van der Waals surface area contributed by atoms with E-state index in [1.54, 1.807) is 0 Å². The molecule has 1 fully saturated rings. The number of hydrogen-bond acceptors (Lipinski definition) is 2. The van der Waals surface area contributed by atoms with Gasteiger partial charge in [0.2, 0.25) is 5.91 Å². The van der Waals surface area contributed by atoms with Crippen molar-refractivity contribution in [1.29, 1.82) is 0 Å². The Balaban J connectivity index is 2.01. The van der Waals surface area contributed by atoms with Crippen molar-refractivity contribution in [2.45, 2.75) is 32.2 Å². The number of hydrogen-bond donors (Lipinski definition) is 1. The number of likely N-dealkylation sites (N-methyl/N-ethyl adjacent to an activating group) is 1. The van der Waals surface area contributed by atoms with Crippen LogP contribution in [0.15, 0.2) is 24.3 Å². The Morgan fingerprint density at radius 1 is 1.41 bits per heavy atom. The van der Waals surface area contributed by atoms with Gasteiger partial charge in [0, 0.05) is 11.6 Å². The Morgan fingerprint density at radius 2 is 2.12 bits per heavy atom. The number of likely N-dealkylation sites (tertiary alicyclic amines) is 1. The normalized spacial score (nSPS) is 20.6. The standard InChI is InChI=1S/C14H20N2O/c1-2-16-9-3-4-13(16)10-11-5-7-12(8-6-11)14(15)17/h5-8,13H,2-4,9-10H2,1H3,(H2,15,17). The van der Waals surface area contributed by atoms with Crippen molar-refractivity contribution in [1.82, 2.24) is 4.90 Å². The zero-order valence-corrected chi connectivity index (χ0v) is 10.4. The lowest BCUT2D eigenvalue weighted by atomic mass is 10.0. The fraction of sp³-hybridized carbons (Fsp3) is 0.500.